The molecule has 2 aromatic rings. The van der Waals surface area contributed by atoms with Crippen LogP contribution in [-0.4, -0.2) is 10.6 Å². The molecule has 5 rings (SSSR count). The van der Waals surface area contributed by atoms with Crippen LogP contribution >= 0.6 is 0 Å². The van der Waals surface area contributed by atoms with Crippen LogP contribution in [0.15, 0.2) is 42.5 Å². The van der Waals surface area contributed by atoms with E-state index in [1.54, 1.807) is 18.2 Å². The zero-order valence-corrected chi connectivity index (χ0v) is 14.2. The molecule has 2 aliphatic heterocycles. The molecule has 0 radical (unpaired) electrons. The van der Waals surface area contributed by atoms with Crippen molar-refractivity contribution < 1.29 is 9.66 Å². The smallest absolute Gasteiger partial charge is 0.270 e. The zero-order chi connectivity index (χ0) is 17.2. The van der Waals surface area contributed by atoms with Gasteiger partial charge in [0.25, 0.3) is 5.69 Å². The molecule has 0 bridgehead atoms. The van der Waals surface area contributed by atoms with Gasteiger partial charge in [-0.1, -0.05) is 24.6 Å². The standard InChI is InChI=1S/C20H20N2O3/c1-19-10-4-5-11-20(19)21(17-7-3-2-6-16(17)19)13-14-12-15(22(23)24)8-9-18(14)25-20/h2-3,6-9,12H,4-5,10-11,13H2,1H3/t19-,20-/m0/s1. The number of nitro groups is 1. The van der Waals surface area contributed by atoms with E-state index in [0.29, 0.717) is 6.54 Å². The average Bonchev–Trinajstić information content (AvgIpc) is 2.85. The number of para-hydroxylation sites is 1. The molecular formula is C20H20N2O3. The monoisotopic (exact) mass is 336 g/mol. The number of rotatable bonds is 1. The Morgan fingerprint density at radius 1 is 1.16 bits per heavy atom. The Labute approximate surface area is 146 Å². The third-order valence-corrected chi connectivity index (χ3v) is 6.39. The van der Waals surface area contributed by atoms with E-state index in [0.717, 1.165) is 30.6 Å². The fourth-order valence-electron chi connectivity index (χ4n) is 5.15. The molecule has 0 N–H and O–H groups in total. The van der Waals surface area contributed by atoms with Crippen LogP contribution in [0.4, 0.5) is 11.4 Å². The first-order chi connectivity index (χ1) is 12.1. The second-order valence-corrected chi connectivity index (χ2v) is 7.58. The van der Waals surface area contributed by atoms with E-state index < -0.39 is 0 Å². The first-order valence-electron chi connectivity index (χ1n) is 8.89. The summed E-state index contributed by atoms with van der Waals surface area (Å²) in [5, 5.41) is 11.1. The number of nitro benzene ring substituents is 1. The SMILES string of the molecule is C[C@@]12CCCC[C@]13Oc1ccc([N+](=O)[O-])cc1CN3c1ccccc12. The highest BCUT2D eigenvalue weighted by atomic mass is 16.6. The van der Waals surface area contributed by atoms with Crippen molar-refractivity contribution in [1.29, 1.82) is 0 Å². The lowest BCUT2D eigenvalue weighted by molar-refractivity contribution is -0.385. The maximum Gasteiger partial charge on any atom is 0.270 e. The van der Waals surface area contributed by atoms with Crippen molar-refractivity contribution in [3.63, 3.8) is 0 Å². The molecule has 5 nitrogen and oxygen atoms in total. The molecule has 1 fully saturated rings. The lowest BCUT2D eigenvalue weighted by Gasteiger charge is -2.53. The van der Waals surface area contributed by atoms with Gasteiger partial charge >= 0.3 is 0 Å². The van der Waals surface area contributed by atoms with Crippen LogP contribution in [0.2, 0.25) is 0 Å². The quantitative estimate of drug-likeness (QED) is 0.567. The third kappa shape index (κ3) is 1.73. The molecule has 1 saturated carbocycles. The Morgan fingerprint density at radius 3 is 2.80 bits per heavy atom. The van der Waals surface area contributed by atoms with E-state index >= 15 is 0 Å². The number of nitrogens with zero attached hydrogens (tertiary/aromatic N) is 2. The summed E-state index contributed by atoms with van der Waals surface area (Å²) in [7, 11) is 0. The molecule has 128 valence electrons. The lowest BCUT2D eigenvalue weighted by atomic mass is 9.66. The number of anilines is 1. The fraction of sp³-hybridized carbons (Fsp3) is 0.400. The molecule has 0 unspecified atom stereocenters. The molecule has 25 heavy (non-hydrogen) atoms. The molecule has 3 aliphatic rings. The summed E-state index contributed by atoms with van der Waals surface area (Å²) in [4.78, 5) is 13.2. The van der Waals surface area contributed by atoms with Crippen molar-refractivity contribution in [2.45, 2.75) is 50.3 Å². The fourth-order valence-corrected chi connectivity index (χ4v) is 5.15. The van der Waals surface area contributed by atoms with Gasteiger partial charge in [-0.05, 0) is 37.5 Å². The highest BCUT2D eigenvalue weighted by Gasteiger charge is 2.63. The minimum atomic E-state index is -0.377. The van der Waals surface area contributed by atoms with Crippen LogP contribution in [0.25, 0.3) is 0 Å². The van der Waals surface area contributed by atoms with Gasteiger partial charge in [0, 0.05) is 29.8 Å². The van der Waals surface area contributed by atoms with Crippen molar-refractivity contribution in [3.8, 4) is 5.75 Å². The van der Waals surface area contributed by atoms with E-state index in [9.17, 15) is 10.1 Å². The molecular weight excluding hydrogens is 316 g/mol. The highest BCUT2D eigenvalue weighted by molar-refractivity contribution is 5.68. The van der Waals surface area contributed by atoms with Crippen molar-refractivity contribution in [1.82, 2.24) is 0 Å². The van der Waals surface area contributed by atoms with Crippen molar-refractivity contribution >= 4 is 11.4 Å². The molecule has 1 spiro atoms. The maximum absolute atomic E-state index is 11.1. The average molecular weight is 336 g/mol. The first-order valence-corrected chi connectivity index (χ1v) is 8.89. The molecule has 0 saturated heterocycles. The molecule has 2 heterocycles. The Bertz CT molecular complexity index is 896. The number of hydrogen-bond acceptors (Lipinski definition) is 4. The predicted octanol–water partition coefficient (Wildman–Crippen LogP) is 4.54. The predicted molar refractivity (Wildman–Crippen MR) is 94.9 cm³/mol. The van der Waals surface area contributed by atoms with Gasteiger partial charge in [0.05, 0.1) is 16.9 Å². The molecule has 1 aliphatic carbocycles. The van der Waals surface area contributed by atoms with E-state index in [-0.39, 0.29) is 21.8 Å². The van der Waals surface area contributed by atoms with Crippen LogP contribution in [-0.2, 0) is 12.0 Å². The molecule has 0 aromatic heterocycles. The summed E-state index contributed by atoms with van der Waals surface area (Å²) < 4.78 is 6.67. The maximum atomic E-state index is 11.1. The highest BCUT2D eigenvalue weighted by Crippen LogP contribution is 2.61. The number of fused-ring (bicyclic) bond motifs is 4. The van der Waals surface area contributed by atoms with Gasteiger partial charge in [0.15, 0.2) is 5.72 Å². The van der Waals surface area contributed by atoms with Crippen LogP contribution in [0.1, 0.15) is 43.7 Å². The molecule has 2 aromatic carbocycles. The summed E-state index contributed by atoms with van der Waals surface area (Å²) in [6.07, 6.45) is 4.43. The summed E-state index contributed by atoms with van der Waals surface area (Å²) in [6, 6.07) is 13.5. The van der Waals surface area contributed by atoms with Gasteiger partial charge in [0.2, 0.25) is 0 Å². The van der Waals surface area contributed by atoms with Gasteiger partial charge in [-0.25, -0.2) is 0 Å². The molecule has 2 atom stereocenters. The summed E-state index contributed by atoms with van der Waals surface area (Å²) in [5.74, 6) is 0.794. The second-order valence-electron chi connectivity index (χ2n) is 7.58. The summed E-state index contributed by atoms with van der Waals surface area (Å²) in [6.45, 7) is 2.98. The Hall–Kier alpha value is -2.56. The van der Waals surface area contributed by atoms with E-state index in [1.807, 2.05) is 0 Å². The van der Waals surface area contributed by atoms with Gasteiger partial charge in [0.1, 0.15) is 5.75 Å². The van der Waals surface area contributed by atoms with Gasteiger partial charge in [-0.3, -0.25) is 10.1 Å². The Kier molecular flexibility index (Phi) is 2.80. The van der Waals surface area contributed by atoms with E-state index in [1.165, 1.54) is 17.7 Å². The molecule has 0 amide bonds. The van der Waals surface area contributed by atoms with Crippen molar-refractivity contribution in [2.24, 2.45) is 0 Å². The van der Waals surface area contributed by atoms with Gasteiger partial charge < -0.3 is 9.64 Å². The Balaban J connectivity index is 1.71. The number of non-ortho nitro benzene ring substituents is 1. The molecule has 5 heteroatoms. The normalized spacial score (nSPS) is 29.1. The Morgan fingerprint density at radius 2 is 1.96 bits per heavy atom. The minimum Gasteiger partial charge on any atom is -0.467 e. The van der Waals surface area contributed by atoms with Crippen molar-refractivity contribution in [3.05, 3.63) is 63.7 Å². The van der Waals surface area contributed by atoms with Gasteiger partial charge in [-0.15, -0.1) is 0 Å². The van der Waals surface area contributed by atoms with Crippen LogP contribution < -0.4 is 9.64 Å². The van der Waals surface area contributed by atoms with E-state index in [4.69, 9.17) is 4.74 Å². The number of benzene rings is 2. The second kappa shape index (κ2) is 4.75. The van der Waals surface area contributed by atoms with Gasteiger partial charge in [-0.2, -0.15) is 0 Å². The number of ether oxygens (including phenoxy) is 1. The summed E-state index contributed by atoms with van der Waals surface area (Å²) >= 11 is 0. The summed E-state index contributed by atoms with van der Waals surface area (Å²) in [5.41, 5.74) is 3.14. The van der Waals surface area contributed by atoms with Crippen molar-refractivity contribution in [2.75, 3.05) is 4.90 Å². The van der Waals surface area contributed by atoms with Crippen LogP contribution in [0, 0.1) is 10.1 Å². The number of hydrogen-bond donors (Lipinski definition) is 0. The topological polar surface area (TPSA) is 55.6 Å². The first kappa shape index (κ1) is 14.8. The minimum absolute atomic E-state index is 0.0543. The zero-order valence-electron chi connectivity index (χ0n) is 14.2. The largest absolute Gasteiger partial charge is 0.467 e. The third-order valence-electron chi connectivity index (χ3n) is 6.39. The van der Waals surface area contributed by atoms with Crippen LogP contribution in [0.5, 0.6) is 5.75 Å². The lowest BCUT2D eigenvalue weighted by Crippen LogP contribution is -2.63. The van der Waals surface area contributed by atoms with Crippen LogP contribution in [0.3, 0.4) is 0 Å². The van der Waals surface area contributed by atoms with E-state index in [2.05, 4.69) is 36.1 Å².